The first-order valence-electron chi connectivity index (χ1n) is 21.9. The Balaban J connectivity index is 1.04. The van der Waals surface area contributed by atoms with Crippen molar-refractivity contribution in [3.8, 4) is 33.5 Å². The maximum absolute atomic E-state index is 16.2. The van der Waals surface area contributed by atoms with E-state index < -0.39 is 53.3 Å². The summed E-state index contributed by atoms with van der Waals surface area (Å²) in [4.78, 5) is 67.3. The van der Waals surface area contributed by atoms with Crippen molar-refractivity contribution in [3.63, 3.8) is 0 Å². The highest BCUT2D eigenvalue weighted by Crippen LogP contribution is 2.58. The molecule has 4 amide bonds. The lowest BCUT2D eigenvalue weighted by atomic mass is 9.78. The van der Waals surface area contributed by atoms with Gasteiger partial charge in [0.05, 0.1) is 43.2 Å². The number of imidazole rings is 2. The van der Waals surface area contributed by atoms with Crippen LogP contribution in [0.4, 0.5) is 27.2 Å². The van der Waals surface area contributed by atoms with E-state index in [9.17, 15) is 19.2 Å². The number of halogens is 4. The van der Waals surface area contributed by atoms with Crippen LogP contribution in [0, 0.1) is 11.8 Å². The molecule has 352 valence electrons. The molecule has 0 bridgehead atoms. The molecule has 3 heterocycles. The number of hydrogen-bond donors (Lipinski definition) is 5. The van der Waals surface area contributed by atoms with Gasteiger partial charge >= 0.3 is 24.0 Å². The van der Waals surface area contributed by atoms with E-state index in [1.54, 1.807) is 49.1 Å². The van der Waals surface area contributed by atoms with E-state index in [0.717, 1.165) is 25.0 Å². The minimum absolute atomic E-state index is 0.00480. The van der Waals surface area contributed by atoms with Gasteiger partial charge in [0.15, 0.2) is 0 Å². The number of carbonyl (C=O) groups is 4. The van der Waals surface area contributed by atoms with Gasteiger partial charge in [-0.05, 0) is 84.0 Å². The number of ether oxygens (including phenoxy) is 2. The Morgan fingerprint density at radius 2 is 1.41 bits per heavy atom. The standard InChI is InChI=1S/C47H54F4N8O6S/c1-25(2)39(56-44(62)64-5)42(60)58-19-10-11-37(58)41-52-24-36(55-41)29-14-17-31-30-16-13-27(21-32(30)46(48,49)47(50,51)33(31)22-29)28-15-18-34-35(23-28)54-38(53-34)12-8-7-9-20-59(66)43(61)40(26(3)4)57-45(63)65-6/h13-18,21-26,37,39-40,66H,7-12,19-20H2,1-6H3,(H,52,55)(H,53,54)(H,56,62)(H,57,63)/t37?,39?,40-/m0/s1. The molecule has 4 N–H and O–H groups in total. The summed E-state index contributed by atoms with van der Waals surface area (Å²) in [6, 6.07) is 11.4. The monoisotopic (exact) mass is 934 g/mol. The summed E-state index contributed by atoms with van der Waals surface area (Å²) in [5.74, 6) is -9.06. The lowest BCUT2D eigenvalue weighted by Crippen LogP contribution is -2.51. The number of alkyl halides is 4. The number of nitrogens with one attached hydrogen (secondary N) is 4. The Hall–Kier alpha value is -6.11. The summed E-state index contributed by atoms with van der Waals surface area (Å²) in [6.07, 6.45) is 4.00. The third-order valence-electron chi connectivity index (χ3n) is 12.3. The molecule has 2 aromatic heterocycles. The lowest BCUT2D eigenvalue weighted by Gasteiger charge is -2.35. The molecule has 2 unspecified atom stereocenters. The molecule has 3 aromatic carbocycles. The van der Waals surface area contributed by atoms with Crippen LogP contribution in [0.3, 0.4) is 0 Å². The molecular weight excluding hydrogens is 881 g/mol. The van der Waals surface area contributed by atoms with Crippen LogP contribution in [0.1, 0.15) is 88.6 Å². The topological polar surface area (TPSA) is 175 Å². The van der Waals surface area contributed by atoms with Crippen molar-refractivity contribution in [3.05, 3.63) is 83.6 Å². The first-order valence-corrected chi connectivity index (χ1v) is 22.3. The number of fused-ring (bicyclic) bond motifs is 4. The highest BCUT2D eigenvalue weighted by atomic mass is 32.1. The number of unbranched alkanes of at least 4 members (excludes halogenated alkanes) is 2. The molecule has 0 saturated carbocycles. The average molecular weight is 935 g/mol. The van der Waals surface area contributed by atoms with E-state index in [0.29, 0.717) is 78.3 Å². The molecule has 1 aliphatic heterocycles. The number of hydrogen-bond acceptors (Lipinski definition) is 9. The van der Waals surface area contributed by atoms with Crippen LogP contribution in [0.5, 0.6) is 0 Å². The summed E-state index contributed by atoms with van der Waals surface area (Å²) in [5, 5.41) is 5.15. The molecule has 19 heteroatoms. The molecular formula is C47H54F4N8O6S. The van der Waals surface area contributed by atoms with Gasteiger partial charge in [0.25, 0.3) is 5.91 Å². The maximum Gasteiger partial charge on any atom is 0.407 e. The number of methoxy groups -OCH3 is 2. The Labute approximate surface area is 385 Å². The van der Waals surface area contributed by atoms with Gasteiger partial charge in [0, 0.05) is 36.2 Å². The molecule has 1 aliphatic carbocycles. The molecule has 5 aromatic rings. The van der Waals surface area contributed by atoms with Crippen LogP contribution in [-0.2, 0) is 37.3 Å². The van der Waals surface area contributed by atoms with Crippen molar-refractivity contribution >= 4 is 47.8 Å². The Morgan fingerprint density at radius 1 is 0.818 bits per heavy atom. The van der Waals surface area contributed by atoms with Crippen molar-refractivity contribution in [2.75, 3.05) is 27.3 Å². The van der Waals surface area contributed by atoms with Crippen LogP contribution < -0.4 is 10.6 Å². The normalized spacial score (nSPS) is 17.0. The van der Waals surface area contributed by atoms with Gasteiger partial charge in [0.2, 0.25) is 5.91 Å². The van der Waals surface area contributed by atoms with Crippen LogP contribution in [0.2, 0.25) is 0 Å². The molecule has 0 spiro atoms. The summed E-state index contributed by atoms with van der Waals surface area (Å²) < 4.78 is 75.3. The number of H-pyrrole nitrogens is 2. The number of benzene rings is 3. The van der Waals surface area contributed by atoms with Crippen molar-refractivity contribution < 1.29 is 46.2 Å². The largest absolute Gasteiger partial charge is 0.453 e. The molecule has 0 radical (unpaired) electrons. The Bertz CT molecular complexity index is 2620. The number of aromatic nitrogens is 4. The second-order valence-electron chi connectivity index (χ2n) is 17.4. The first-order chi connectivity index (χ1) is 31.4. The summed E-state index contributed by atoms with van der Waals surface area (Å²) in [6.45, 7) is 8.01. The zero-order chi connectivity index (χ0) is 47.7. The third kappa shape index (κ3) is 9.44. The highest BCUT2D eigenvalue weighted by Gasteiger charge is 2.63. The molecule has 1 fully saturated rings. The molecule has 2 aliphatic rings. The fourth-order valence-electron chi connectivity index (χ4n) is 8.67. The summed E-state index contributed by atoms with van der Waals surface area (Å²) in [7, 11) is 2.44. The number of aryl methyl sites for hydroxylation is 1. The fraction of sp³-hybridized carbons (Fsp3) is 0.447. The van der Waals surface area contributed by atoms with Gasteiger partial charge in [0.1, 0.15) is 23.7 Å². The average Bonchev–Trinajstić information content (AvgIpc) is 4.08. The molecule has 66 heavy (non-hydrogen) atoms. The lowest BCUT2D eigenvalue weighted by molar-refractivity contribution is -0.225. The molecule has 3 atom stereocenters. The van der Waals surface area contributed by atoms with Crippen LogP contribution in [-0.4, -0.2) is 92.5 Å². The Kier molecular flexibility index (Phi) is 14.1. The number of nitrogens with zero attached hydrogens (tertiary/aromatic N) is 4. The van der Waals surface area contributed by atoms with E-state index >= 15 is 17.6 Å². The van der Waals surface area contributed by atoms with Gasteiger partial charge in [-0.2, -0.15) is 17.6 Å². The zero-order valence-electron chi connectivity index (χ0n) is 37.5. The third-order valence-corrected chi connectivity index (χ3v) is 12.7. The van der Waals surface area contributed by atoms with Gasteiger partial charge in [-0.25, -0.2) is 19.6 Å². The van der Waals surface area contributed by atoms with E-state index in [1.165, 1.54) is 36.9 Å². The predicted octanol–water partition coefficient (Wildman–Crippen LogP) is 9.30. The number of amides is 4. The van der Waals surface area contributed by atoms with Crippen LogP contribution in [0.25, 0.3) is 44.5 Å². The number of rotatable bonds is 15. The van der Waals surface area contributed by atoms with Crippen molar-refractivity contribution in [2.24, 2.45) is 11.8 Å². The van der Waals surface area contributed by atoms with Crippen molar-refractivity contribution in [2.45, 2.75) is 96.2 Å². The maximum atomic E-state index is 16.2. The fourth-order valence-corrected chi connectivity index (χ4v) is 8.94. The molecule has 7 rings (SSSR count). The molecule has 1 saturated heterocycles. The number of aromatic amines is 2. The zero-order valence-corrected chi connectivity index (χ0v) is 38.4. The first kappa shape index (κ1) is 47.8. The van der Waals surface area contributed by atoms with Gasteiger partial charge in [-0.1, -0.05) is 77.3 Å². The number of alkyl carbamates (subject to hydrolysis) is 2. The van der Waals surface area contributed by atoms with E-state index in [4.69, 9.17) is 4.74 Å². The SMILES string of the molecule is COC(=O)NC(C(=O)N1CCCC1c1ncc(-c2ccc3c(c2)C(F)(F)C(F)(F)c2cc(-c4ccc5nc(CCCCCN(S)C(=O)[C@@H](NC(=O)OC)C(C)C)[nH]c5c4)ccc2-3)[nH]1)C(C)C. The highest BCUT2D eigenvalue weighted by molar-refractivity contribution is 7.78. The number of thiol groups is 1. The van der Waals surface area contributed by atoms with Gasteiger partial charge < -0.3 is 35.0 Å². The summed E-state index contributed by atoms with van der Waals surface area (Å²) >= 11 is 4.34. The minimum atomic E-state index is -4.57. The quantitative estimate of drug-likeness (QED) is 0.0392. The van der Waals surface area contributed by atoms with E-state index in [1.807, 2.05) is 13.8 Å². The van der Waals surface area contributed by atoms with Gasteiger partial charge in [-0.3, -0.25) is 13.9 Å². The number of carbonyl (C=O) groups excluding carboxylic acids is 4. The second-order valence-corrected chi connectivity index (χ2v) is 17.9. The van der Waals surface area contributed by atoms with Crippen LogP contribution >= 0.6 is 12.8 Å². The van der Waals surface area contributed by atoms with E-state index in [2.05, 4.69) is 48.1 Å². The van der Waals surface area contributed by atoms with E-state index in [-0.39, 0.29) is 40.3 Å². The minimum Gasteiger partial charge on any atom is -0.453 e. The summed E-state index contributed by atoms with van der Waals surface area (Å²) in [5.41, 5.74) is 1.11. The second kappa shape index (κ2) is 19.4. The van der Waals surface area contributed by atoms with Gasteiger partial charge in [-0.15, -0.1) is 0 Å². The number of likely N-dealkylation sites (tertiary alicyclic amines) is 1. The van der Waals surface area contributed by atoms with Crippen LogP contribution in [0.15, 0.2) is 60.8 Å². The molecule has 14 nitrogen and oxygen atoms in total. The van der Waals surface area contributed by atoms with Crippen molar-refractivity contribution in [1.29, 1.82) is 0 Å². The predicted molar refractivity (Wildman–Crippen MR) is 243 cm³/mol. The Morgan fingerprint density at radius 3 is 2.05 bits per heavy atom. The van der Waals surface area contributed by atoms with Crippen molar-refractivity contribution in [1.82, 2.24) is 39.8 Å². The smallest absolute Gasteiger partial charge is 0.407 e.